The maximum atomic E-state index is 5.80. The molecule has 2 aromatic heterocycles. The van der Waals surface area contributed by atoms with Crippen molar-refractivity contribution in [1.82, 2.24) is 15.0 Å². The van der Waals surface area contributed by atoms with Crippen molar-refractivity contribution in [3.05, 3.63) is 47.2 Å². The predicted molar refractivity (Wildman–Crippen MR) is 81.5 cm³/mol. The van der Waals surface area contributed by atoms with Crippen molar-refractivity contribution in [2.45, 2.75) is 25.8 Å². The topological polar surface area (TPSA) is 76.7 Å². The maximum absolute atomic E-state index is 5.80. The predicted octanol–water partition coefficient (Wildman–Crippen LogP) is 1.61. The Morgan fingerprint density at radius 1 is 1.40 bits per heavy atom. The molecule has 0 bridgehead atoms. The molecular formula is C14H15N5S. The molecular weight excluding hydrogens is 270 g/mol. The summed E-state index contributed by atoms with van der Waals surface area (Å²) in [4.78, 5) is 13.1. The van der Waals surface area contributed by atoms with Crippen LogP contribution in [0.15, 0.2) is 24.7 Å². The van der Waals surface area contributed by atoms with Crippen LogP contribution >= 0.6 is 12.2 Å². The number of fused-ring (bicyclic) bond motifs is 1. The molecule has 0 saturated heterocycles. The summed E-state index contributed by atoms with van der Waals surface area (Å²) in [6.07, 6.45) is 6.48. The SMILES string of the molecule is NC(=S)c1cc2c(nc1NCc1ccncn1)CCC2. The van der Waals surface area contributed by atoms with Gasteiger partial charge in [-0.25, -0.2) is 15.0 Å². The molecule has 0 spiro atoms. The van der Waals surface area contributed by atoms with E-state index in [0.717, 1.165) is 42.0 Å². The molecule has 20 heavy (non-hydrogen) atoms. The van der Waals surface area contributed by atoms with E-state index in [9.17, 15) is 0 Å². The van der Waals surface area contributed by atoms with Gasteiger partial charge in [0.2, 0.25) is 0 Å². The average molecular weight is 285 g/mol. The van der Waals surface area contributed by atoms with Crippen LogP contribution in [0.3, 0.4) is 0 Å². The van der Waals surface area contributed by atoms with Gasteiger partial charge in [-0.3, -0.25) is 0 Å². The number of aromatic nitrogens is 3. The molecule has 6 heteroatoms. The van der Waals surface area contributed by atoms with E-state index in [1.165, 1.54) is 11.9 Å². The zero-order valence-electron chi connectivity index (χ0n) is 11.0. The fraction of sp³-hybridized carbons (Fsp3) is 0.286. The van der Waals surface area contributed by atoms with Crippen LogP contribution in [-0.2, 0) is 19.4 Å². The van der Waals surface area contributed by atoms with Gasteiger partial charge in [0, 0.05) is 11.9 Å². The van der Waals surface area contributed by atoms with E-state index in [4.69, 9.17) is 18.0 Å². The molecule has 0 radical (unpaired) electrons. The van der Waals surface area contributed by atoms with Gasteiger partial charge in [0.05, 0.1) is 17.8 Å². The Hall–Kier alpha value is -2.08. The molecule has 3 rings (SSSR count). The lowest BCUT2D eigenvalue weighted by atomic mass is 10.1. The first kappa shape index (κ1) is 12.9. The monoisotopic (exact) mass is 285 g/mol. The minimum absolute atomic E-state index is 0.373. The van der Waals surface area contributed by atoms with E-state index in [1.54, 1.807) is 6.20 Å². The lowest BCUT2D eigenvalue weighted by molar-refractivity contribution is 0.898. The molecule has 0 aromatic carbocycles. The Morgan fingerprint density at radius 3 is 3.05 bits per heavy atom. The molecule has 0 saturated carbocycles. The number of hydrogen-bond donors (Lipinski definition) is 2. The molecule has 0 fully saturated rings. The number of nitrogens with one attached hydrogen (secondary N) is 1. The third-order valence-electron chi connectivity index (χ3n) is 3.40. The highest BCUT2D eigenvalue weighted by Gasteiger charge is 2.17. The Labute approximate surface area is 122 Å². The first-order valence-corrected chi connectivity index (χ1v) is 6.96. The van der Waals surface area contributed by atoms with E-state index in [1.807, 2.05) is 6.07 Å². The van der Waals surface area contributed by atoms with Crippen molar-refractivity contribution in [3.63, 3.8) is 0 Å². The summed E-state index contributed by atoms with van der Waals surface area (Å²) >= 11 is 5.12. The molecule has 102 valence electrons. The summed E-state index contributed by atoms with van der Waals surface area (Å²) in [5.41, 5.74) is 9.93. The van der Waals surface area contributed by atoms with E-state index in [2.05, 4.69) is 26.3 Å². The van der Waals surface area contributed by atoms with Gasteiger partial charge in [-0.15, -0.1) is 0 Å². The largest absolute Gasteiger partial charge is 0.389 e. The highest BCUT2D eigenvalue weighted by atomic mass is 32.1. The number of rotatable bonds is 4. The van der Waals surface area contributed by atoms with Crippen LogP contribution in [0.4, 0.5) is 5.82 Å². The normalized spacial score (nSPS) is 13.0. The lowest BCUT2D eigenvalue weighted by Gasteiger charge is -2.12. The van der Waals surface area contributed by atoms with Crippen molar-refractivity contribution in [1.29, 1.82) is 0 Å². The smallest absolute Gasteiger partial charge is 0.136 e. The second-order valence-corrected chi connectivity index (χ2v) is 5.20. The number of pyridine rings is 1. The lowest BCUT2D eigenvalue weighted by Crippen LogP contribution is -2.16. The van der Waals surface area contributed by atoms with Crippen molar-refractivity contribution in [2.75, 3.05) is 5.32 Å². The van der Waals surface area contributed by atoms with E-state index < -0.39 is 0 Å². The molecule has 0 atom stereocenters. The van der Waals surface area contributed by atoms with Gasteiger partial charge >= 0.3 is 0 Å². The molecule has 0 unspecified atom stereocenters. The highest BCUT2D eigenvalue weighted by molar-refractivity contribution is 7.80. The summed E-state index contributed by atoms with van der Waals surface area (Å²) in [6.45, 7) is 0.573. The van der Waals surface area contributed by atoms with Crippen molar-refractivity contribution >= 4 is 23.0 Å². The fourth-order valence-corrected chi connectivity index (χ4v) is 2.55. The Morgan fingerprint density at radius 2 is 2.30 bits per heavy atom. The molecule has 3 N–H and O–H groups in total. The summed E-state index contributed by atoms with van der Waals surface area (Å²) in [6, 6.07) is 3.93. The number of thiocarbonyl (C=S) groups is 1. The molecule has 1 aliphatic carbocycles. The van der Waals surface area contributed by atoms with Crippen LogP contribution in [0.1, 0.15) is 28.9 Å². The van der Waals surface area contributed by atoms with Crippen LogP contribution in [0, 0.1) is 0 Å². The van der Waals surface area contributed by atoms with Gasteiger partial charge in [0.1, 0.15) is 17.1 Å². The van der Waals surface area contributed by atoms with Crippen LogP contribution in [0.25, 0.3) is 0 Å². The quantitative estimate of drug-likeness (QED) is 0.831. The standard InChI is InChI=1S/C14H15N5S/c15-13(20)11-6-9-2-1-3-12(9)19-14(11)17-7-10-4-5-16-8-18-10/h4-6,8H,1-3,7H2,(H2,15,20)(H,17,19). The third kappa shape index (κ3) is 2.60. The van der Waals surface area contributed by atoms with Crippen LogP contribution < -0.4 is 11.1 Å². The summed E-state index contributed by atoms with van der Waals surface area (Å²) < 4.78 is 0. The molecule has 0 amide bonds. The van der Waals surface area contributed by atoms with E-state index in [-0.39, 0.29) is 0 Å². The number of nitrogens with two attached hydrogens (primary N) is 1. The summed E-state index contributed by atoms with van der Waals surface area (Å²) in [5, 5.41) is 3.27. The van der Waals surface area contributed by atoms with Gasteiger partial charge in [-0.1, -0.05) is 12.2 Å². The first-order valence-electron chi connectivity index (χ1n) is 6.55. The molecule has 5 nitrogen and oxygen atoms in total. The number of aryl methyl sites for hydroxylation is 2. The Kier molecular flexibility index (Phi) is 3.56. The summed E-state index contributed by atoms with van der Waals surface area (Å²) in [7, 11) is 0. The Bertz CT molecular complexity index is 642. The molecule has 2 heterocycles. The van der Waals surface area contributed by atoms with E-state index >= 15 is 0 Å². The van der Waals surface area contributed by atoms with E-state index in [0.29, 0.717) is 11.5 Å². The van der Waals surface area contributed by atoms with Gasteiger partial charge in [-0.05, 0) is 37.0 Å². The zero-order chi connectivity index (χ0) is 13.9. The van der Waals surface area contributed by atoms with Gasteiger partial charge in [-0.2, -0.15) is 0 Å². The average Bonchev–Trinajstić information content (AvgIpc) is 2.92. The van der Waals surface area contributed by atoms with Crippen LogP contribution in [-0.4, -0.2) is 19.9 Å². The summed E-state index contributed by atoms with van der Waals surface area (Å²) in [5.74, 6) is 0.747. The van der Waals surface area contributed by atoms with Crippen molar-refractivity contribution in [2.24, 2.45) is 5.73 Å². The second-order valence-electron chi connectivity index (χ2n) is 4.76. The number of hydrogen-bond acceptors (Lipinski definition) is 5. The van der Waals surface area contributed by atoms with Gasteiger partial charge in [0.25, 0.3) is 0 Å². The van der Waals surface area contributed by atoms with Gasteiger partial charge < -0.3 is 11.1 Å². The maximum Gasteiger partial charge on any atom is 0.136 e. The van der Waals surface area contributed by atoms with Crippen molar-refractivity contribution < 1.29 is 0 Å². The van der Waals surface area contributed by atoms with Gasteiger partial charge in [0.15, 0.2) is 0 Å². The van der Waals surface area contributed by atoms with Crippen LogP contribution in [0.5, 0.6) is 0 Å². The second kappa shape index (κ2) is 5.50. The zero-order valence-corrected chi connectivity index (χ0v) is 11.8. The third-order valence-corrected chi connectivity index (χ3v) is 3.62. The Balaban J connectivity index is 1.86. The number of anilines is 1. The first-order chi connectivity index (χ1) is 9.74. The minimum Gasteiger partial charge on any atom is -0.389 e. The van der Waals surface area contributed by atoms with Crippen molar-refractivity contribution in [3.8, 4) is 0 Å². The fourth-order valence-electron chi connectivity index (χ4n) is 2.39. The molecule has 2 aromatic rings. The number of nitrogens with zero attached hydrogens (tertiary/aromatic N) is 3. The molecule has 0 aliphatic heterocycles. The highest BCUT2D eigenvalue weighted by Crippen LogP contribution is 2.25. The molecule has 1 aliphatic rings. The van der Waals surface area contributed by atoms with Crippen LogP contribution in [0.2, 0.25) is 0 Å². The minimum atomic E-state index is 0.373.